The summed E-state index contributed by atoms with van der Waals surface area (Å²) < 4.78 is 35.1. The Hall–Kier alpha value is -2.42. The normalized spacial score (nSPS) is 19.2. The number of halogens is 2. The van der Waals surface area contributed by atoms with Crippen LogP contribution in [-0.2, 0) is 4.79 Å². The van der Waals surface area contributed by atoms with Crippen LogP contribution in [0.15, 0.2) is 24.4 Å². The van der Waals surface area contributed by atoms with Gasteiger partial charge in [0.15, 0.2) is 16.6 Å². The van der Waals surface area contributed by atoms with Crippen LogP contribution < -0.4 is 20.1 Å². The number of primary amides is 1. The number of piperidine rings is 1. The Balaban J connectivity index is 1.50. The molecular formula is C16H15F2N3O3S. The van der Waals surface area contributed by atoms with Crippen molar-refractivity contribution in [2.45, 2.75) is 19.1 Å². The number of rotatable bonds is 3. The number of thiazole rings is 1. The molecule has 2 aromatic rings. The zero-order valence-electron chi connectivity index (χ0n) is 13.1. The molecule has 25 heavy (non-hydrogen) atoms. The molecule has 0 bridgehead atoms. The van der Waals surface area contributed by atoms with Crippen LogP contribution in [0.4, 0.5) is 13.9 Å². The third-order valence-electron chi connectivity index (χ3n) is 4.35. The van der Waals surface area contributed by atoms with Crippen molar-refractivity contribution in [3.8, 4) is 21.9 Å². The number of alkyl halides is 2. The lowest BCUT2D eigenvalue weighted by Gasteiger charge is -2.30. The fraction of sp³-hybridized carbons (Fsp3) is 0.375. The van der Waals surface area contributed by atoms with E-state index in [1.807, 2.05) is 0 Å². The number of carbonyl (C=O) groups excluding carboxylic acids is 1. The molecule has 0 spiro atoms. The summed E-state index contributed by atoms with van der Waals surface area (Å²) >= 11 is 1.46. The number of nitrogens with two attached hydrogens (primary N) is 1. The van der Waals surface area contributed by atoms with Crippen molar-refractivity contribution in [1.82, 2.24) is 4.98 Å². The van der Waals surface area contributed by atoms with E-state index in [1.165, 1.54) is 23.5 Å². The van der Waals surface area contributed by atoms with Crippen molar-refractivity contribution in [3.05, 3.63) is 24.4 Å². The highest BCUT2D eigenvalue weighted by Gasteiger charge is 2.43. The summed E-state index contributed by atoms with van der Waals surface area (Å²) in [6.07, 6.45) is -0.493. The van der Waals surface area contributed by atoms with Crippen molar-refractivity contribution < 1.29 is 23.0 Å². The number of hydrogen-bond acceptors (Lipinski definition) is 6. The third-order valence-corrected chi connectivity index (χ3v) is 5.45. The largest absolute Gasteiger partial charge is 0.586 e. The van der Waals surface area contributed by atoms with Gasteiger partial charge in [0, 0.05) is 25.2 Å². The SMILES string of the molecule is NC(=O)C1CCN(c2ncc(-c3ccc4c(c3)OC(F)(F)O4)s2)CC1. The van der Waals surface area contributed by atoms with Gasteiger partial charge in [-0.15, -0.1) is 8.78 Å². The lowest BCUT2D eigenvalue weighted by Crippen LogP contribution is -2.38. The van der Waals surface area contributed by atoms with Gasteiger partial charge in [-0.05, 0) is 36.6 Å². The maximum atomic E-state index is 13.1. The smallest absolute Gasteiger partial charge is 0.395 e. The first-order valence-electron chi connectivity index (χ1n) is 7.82. The van der Waals surface area contributed by atoms with Gasteiger partial charge in [0.2, 0.25) is 5.91 Å². The van der Waals surface area contributed by atoms with E-state index < -0.39 is 6.29 Å². The number of ether oxygens (including phenoxy) is 2. The van der Waals surface area contributed by atoms with Crippen LogP contribution in [-0.4, -0.2) is 30.3 Å². The van der Waals surface area contributed by atoms with E-state index in [0.717, 1.165) is 15.6 Å². The van der Waals surface area contributed by atoms with Crippen LogP contribution in [0.25, 0.3) is 10.4 Å². The number of carbonyl (C=O) groups is 1. The van der Waals surface area contributed by atoms with Gasteiger partial charge < -0.3 is 20.1 Å². The Labute approximate surface area is 146 Å². The van der Waals surface area contributed by atoms with E-state index >= 15 is 0 Å². The Morgan fingerprint density at radius 1 is 1.28 bits per heavy atom. The monoisotopic (exact) mass is 367 g/mol. The topological polar surface area (TPSA) is 77.7 Å². The number of anilines is 1. The third kappa shape index (κ3) is 3.11. The number of aromatic nitrogens is 1. The summed E-state index contributed by atoms with van der Waals surface area (Å²) in [5, 5.41) is 0.834. The molecule has 3 heterocycles. The van der Waals surface area contributed by atoms with E-state index in [-0.39, 0.29) is 23.3 Å². The fourth-order valence-electron chi connectivity index (χ4n) is 3.00. The minimum absolute atomic E-state index is 0.0136. The molecule has 0 radical (unpaired) electrons. The van der Waals surface area contributed by atoms with Crippen molar-refractivity contribution in [2.75, 3.05) is 18.0 Å². The molecule has 2 N–H and O–H groups in total. The van der Waals surface area contributed by atoms with E-state index in [0.29, 0.717) is 25.9 Å². The van der Waals surface area contributed by atoms with Gasteiger partial charge in [-0.2, -0.15) is 0 Å². The summed E-state index contributed by atoms with van der Waals surface area (Å²) in [5.41, 5.74) is 6.08. The molecular weight excluding hydrogens is 352 g/mol. The second-order valence-corrected chi connectivity index (χ2v) is 7.01. The van der Waals surface area contributed by atoms with Gasteiger partial charge in [0.05, 0.1) is 4.88 Å². The summed E-state index contributed by atoms with van der Waals surface area (Å²) in [7, 11) is 0. The van der Waals surface area contributed by atoms with Gasteiger partial charge >= 0.3 is 6.29 Å². The van der Waals surface area contributed by atoms with Crippen LogP contribution >= 0.6 is 11.3 Å². The van der Waals surface area contributed by atoms with Gasteiger partial charge in [-0.1, -0.05) is 11.3 Å². The Morgan fingerprint density at radius 2 is 2.00 bits per heavy atom. The molecule has 1 saturated heterocycles. The van der Waals surface area contributed by atoms with Crippen LogP contribution in [0.1, 0.15) is 12.8 Å². The molecule has 6 nitrogen and oxygen atoms in total. The number of hydrogen-bond donors (Lipinski definition) is 1. The molecule has 1 fully saturated rings. The first-order chi connectivity index (χ1) is 11.9. The molecule has 0 unspecified atom stereocenters. The second kappa shape index (κ2) is 5.83. The lowest BCUT2D eigenvalue weighted by atomic mass is 9.97. The van der Waals surface area contributed by atoms with Crippen LogP contribution in [0, 0.1) is 5.92 Å². The predicted octanol–water partition coefficient (Wildman–Crippen LogP) is 2.83. The van der Waals surface area contributed by atoms with E-state index in [2.05, 4.69) is 19.4 Å². The molecule has 132 valence electrons. The molecule has 2 aliphatic heterocycles. The van der Waals surface area contributed by atoms with Crippen molar-refractivity contribution in [3.63, 3.8) is 0 Å². The average molecular weight is 367 g/mol. The van der Waals surface area contributed by atoms with Crippen LogP contribution in [0.5, 0.6) is 11.5 Å². The number of benzene rings is 1. The predicted molar refractivity (Wildman–Crippen MR) is 87.9 cm³/mol. The van der Waals surface area contributed by atoms with Crippen molar-refractivity contribution in [2.24, 2.45) is 11.7 Å². The molecule has 1 aromatic heterocycles. The summed E-state index contributed by atoms with van der Waals surface area (Å²) in [6.45, 7) is 1.43. The fourth-order valence-corrected chi connectivity index (χ4v) is 3.97. The molecule has 4 rings (SSSR count). The Morgan fingerprint density at radius 3 is 2.72 bits per heavy atom. The van der Waals surface area contributed by atoms with Gasteiger partial charge in [0.25, 0.3) is 0 Å². The Kier molecular flexibility index (Phi) is 3.75. The van der Waals surface area contributed by atoms with E-state index in [4.69, 9.17) is 5.73 Å². The minimum atomic E-state index is -3.62. The van der Waals surface area contributed by atoms with Crippen molar-refractivity contribution >= 4 is 22.4 Å². The average Bonchev–Trinajstić information content (AvgIpc) is 3.17. The summed E-state index contributed by atoms with van der Waals surface area (Å²) in [6, 6.07) is 4.68. The van der Waals surface area contributed by atoms with Crippen molar-refractivity contribution in [1.29, 1.82) is 0 Å². The van der Waals surface area contributed by atoms with Gasteiger partial charge in [-0.3, -0.25) is 4.79 Å². The molecule has 1 aromatic carbocycles. The quantitative estimate of drug-likeness (QED) is 0.903. The first kappa shape index (κ1) is 16.1. The standard InChI is InChI=1S/C16H15F2N3O3S/c17-16(18)23-11-2-1-10(7-12(11)24-16)13-8-20-15(25-13)21-5-3-9(4-6-21)14(19)22/h1-2,7-9H,3-6H2,(H2,19,22). The molecule has 9 heteroatoms. The number of nitrogens with zero attached hydrogens (tertiary/aromatic N) is 2. The number of amides is 1. The molecule has 1 amide bonds. The molecule has 0 aliphatic carbocycles. The summed E-state index contributed by atoms with van der Waals surface area (Å²) in [5.74, 6) is -0.297. The minimum Gasteiger partial charge on any atom is -0.395 e. The highest BCUT2D eigenvalue weighted by molar-refractivity contribution is 7.18. The van der Waals surface area contributed by atoms with Crippen LogP contribution in [0.3, 0.4) is 0 Å². The van der Waals surface area contributed by atoms with E-state index in [9.17, 15) is 13.6 Å². The first-order valence-corrected chi connectivity index (χ1v) is 8.63. The zero-order valence-corrected chi connectivity index (χ0v) is 13.9. The van der Waals surface area contributed by atoms with Gasteiger partial charge in [0.1, 0.15) is 0 Å². The second-order valence-electron chi connectivity index (χ2n) is 6.00. The molecule has 0 atom stereocenters. The maximum absolute atomic E-state index is 13.1. The lowest BCUT2D eigenvalue weighted by molar-refractivity contribution is -0.286. The zero-order chi connectivity index (χ0) is 17.6. The summed E-state index contributed by atoms with van der Waals surface area (Å²) in [4.78, 5) is 18.6. The molecule has 0 saturated carbocycles. The van der Waals surface area contributed by atoms with E-state index in [1.54, 1.807) is 12.3 Å². The maximum Gasteiger partial charge on any atom is 0.586 e. The highest BCUT2D eigenvalue weighted by Crippen LogP contribution is 2.44. The number of fused-ring (bicyclic) bond motifs is 1. The Bertz CT molecular complexity index is 819. The van der Waals surface area contributed by atoms with Gasteiger partial charge in [-0.25, -0.2) is 4.98 Å². The van der Waals surface area contributed by atoms with Crippen LogP contribution in [0.2, 0.25) is 0 Å². The molecule has 2 aliphatic rings. The highest BCUT2D eigenvalue weighted by atomic mass is 32.1.